The van der Waals surface area contributed by atoms with Crippen LogP contribution in [0.25, 0.3) is 0 Å². The molecule has 3 aromatic carbocycles. The van der Waals surface area contributed by atoms with Crippen LogP contribution in [0.5, 0.6) is 0 Å². The van der Waals surface area contributed by atoms with Crippen LogP contribution in [-0.2, 0) is 22.6 Å². The maximum absolute atomic E-state index is 13.5. The van der Waals surface area contributed by atoms with Gasteiger partial charge in [-0.15, -0.1) is 11.8 Å². The van der Waals surface area contributed by atoms with Gasteiger partial charge in [-0.2, -0.15) is 0 Å². The second-order valence-corrected chi connectivity index (χ2v) is 10.0. The molecule has 0 aliphatic heterocycles. The van der Waals surface area contributed by atoms with Gasteiger partial charge in [-0.25, -0.2) is 0 Å². The van der Waals surface area contributed by atoms with Crippen molar-refractivity contribution in [2.45, 2.75) is 50.2 Å². The standard InChI is InChI=1S/C28H31ClN2O2S/c1-21(2)30-28(33)26(19-22-9-5-3-6-10-22)31(20-23-13-15-24(29)16-14-23)27(32)17-18-34-25-11-7-4-8-12-25/h3-16,21,26H,17-20H2,1-2H3,(H,30,33). The van der Waals surface area contributed by atoms with Gasteiger partial charge in [0.1, 0.15) is 6.04 Å². The molecule has 0 radical (unpaired) electrons. The quantitative estimate of drug-likeness (QED) is 0.333. The average molecular weight is 495 g/mol. The van der Waals surface area contributed by atoms with Gasteiger partial charge < -0.3 is 10.2 Å². The number of nitrogens with one attached hydrogen (secondary N) is 1. The fourth-order valence-corrected chi connectivity index (χ4v) is 4.63. The van der Waals surface area contributed by atoms with Crippen LogP contribution in [0.3, 0.4) is 0 Å². The Hall–Kier alpha value is -2.76. The Bertz CT molecular complexity index is 1040. The summed E-state index contributed by atoms with van der Waals surface area (Å²) in [5.41, 5.74) is 1.95. The van der Waals surface area contributed by atoms with E-state index in [0.717, 1.165) is 16.0 Å². The molecule has 0 saturated carbocycles. The summed E-state index contributed by atoms with van der Waals surface area (Å²) in [6.07, 6.45) is 0.790. The van der Waals surface area contributed by atoms with Crippen molar-refractivity contribution in [2.24, 2.45) is 0 Å². The molecule has 6 heteroatoms. The molecule has 0 saturated heterocycles. The van der Waals surface area contributed by atoms with E-state index in [-0.39, 0.29) is 17.9 Å². The first kappa shape index (κ1) is 25.9. The third kappa shape index (κ3) is 8.23. The summed E-state index contributed by atoms with van der Waals surface area (Å²) in [6.45, 7) is 4.20. The monoisotopic (exact) mass is 494 g/mol. The van der Waals surface area contributed by atoms with Crippen LogP contribution < -0.4 is 5.32 Å². The summed E-state index contributed by atoms with van der Waals surface area (Å²) in [7, 11) is 0. The van der Waals surface area contributed by atoms with Gasteiger partial charge in [0.05, 0.1) is 0 Å². The van der Waals surface area contributed by atoms with Gasteiger partial charge in [0.25, 0.3) is 0 Å². The minimum Gasteiger partial charge on any atom is -0.352 e. The summed E-state index contributed by atoms with van der Waals surface area (Å²) in [4.78, 5) is 29.7. The number of hydrogen-bond acceptors (Lipinski definition) is 3. The van der Waals surface area contributed by atoms with Crippen molar-refractivity contribution >= 4 is 35.2 Å². The van der Waals surface area contributed by atoms with E-state index >= 15 is 0 Å². The number of amides is 2. The molecule has 3 rings (SSSR count). The van der Waals surface area contributed by atoms with Crippen molar-refractivity contribution in [1.82, 2.24) is 10.2 Å². The zero-order chi connectivity index (χ0) is 24.3. The number of hydrogen-bond donors (Lipinski definition) is 1. The highest BCUT2D eigenvalue weighted by Crippen LogP contribution is 2.21. The van der Waals surface area contributed by atoms with Crippen LogP contribution >= 0.6 is 23.4 Å². The normalized spacial score (nSPS) is 11.8. The number of benzene rings is 3. The molecule has 0 fully saturated rings. The molecule has 0 aliphatic carbocycles. The third-order valence-electron chi connectivity index (χ3n) is 5.30. The van der Waals surface area contributed by atoms with Crippen molar-refractivity contribution in [3.8, 4) is 0 Å². The second kappa shape index (κ2) is 13.2. The van der Waals surface area contributed by atoms with Crippen molar-refractivity contribution in [3.63, 3.8) is 0 Å². The van der Waals surface area contributed by atoms with E-state index in [9.17, 15) is 9.59 Å². The summed E-state index contributed by atoms with van der Waals surface area (Å²) >= 11 is 7.71. The van der Waals surface area contributed by atoms with Crippen LogP contribution in [0.4, 0.5) is 0 Å². The van der Waals surface area contributed by atoms with E-state index < -0.39 is 6.04 Å². The Kier molecular flexibility index (Phi) is 10.0. The zero-order valence-corrected chi connectivity index (χ0v) is 21.2. The van der Waals surface area contributed by atoms with Gasteiger partial charge in [0.2, 0.25) is 11.8 Å². The fraction of sp³-hybridized carbons (Fsp3) is 0.286. The lowest BCUT2D eigenvalue weighted by Crippen LogP contribution is -2.51. The van der Waals surface area contributed by atoms with E-state index in [1.165, 1.54) is 0 Å². The topological polar surface area (TPSA) is 49.4 Å². The summed E-state index contributed by atoms with van der Waals surface area (Å²) in [5, 5.41) is 3.65. The van der Waals surface area contributed by atoms with E-state index in [1.54, 1.807) is 16.7 Å². The molecule has 0 heterocycles. The Morgan fingerprint density at radius 3 is 2.12 bits per heavy atom. The van der Waals surface area contributed by atoms with Gasteiger partial charge in [-0.05, 0) is 49.2 Å². The van der Waals surface area contributed by atoms with Gasteiger partial charge in [0, 0.05) is 41.1 Å². The Labute approximate surface area is 211 Å². The molecular formula is C28H31ClN2O2S. The van der Waals surface area contributed by atoms with Gasteiger partial charge in [-0.1, -0.05) is 72.3 Å². The Balaban J connectivity index is 1.84. The van der Waals surface area contributed by atoms with Gasteiger partial charge in [-0.3, -0.25) is 9.59 Å². The van der Waals surface area contributed by atoms with Crippen LogP contribution in [0.2, 0.25) is 5.02 Å². The van der Waals surface area contributed by atoms with E-state index in [4.69, 9.17) is 11.6 Å². The molecule has 0 bridgehead atoms. The minimum atomic E-state index is -0.616. The van der Waals surface area contributed by atoms with Crippen LogP contribution in [0, 0.1) is 0 Å². The highest BCUT2D eigenvalue weighted by atomic mass is 35.5. The predicted octanol–water partition coefficient (Wildman–Crippen LogP) is 5.99. The van der Waals surface area contributed by atoms with Crippen LogP contribution in [0.15, 0.2) is 89.8 Å². The van der Waals surface area contributed by atoms with Crippen molar-refractivity contribution < 1.29 is 9.59 Å². The zero-order valence-electron chi connectivity index (χ0n) is 19.6. The molecule has 3 aromatic rings. The lowest BCUT2D eigenvalue weighted by Gasteiger charge is -2.32. The Morgan fingerprint density at radius 2 is 1.50 bits per heavy atom. The molecule has 178 valence electrons. The first-order valence-corrected chi connectivity index (χ1v) is 12.8. The maximum Gasteiger partial charge on any atom is 0.243 e. The molecule has 0 spiro atoms. The first-order valence-electron chi connectivity index (χ1n) is 11.5. The maximum atomic E-state index is 13.5. The fourth-order valence-electron chi connectivity index (χ4n) is 3.64. The number of thioether (sulfide) groups is 1. The SMILES string of the molecule is CC(C)NC(=O)C(Cc1ccccc1)N(Cc1ccc(Cl)cc1)C(=O)CCSc1ccccc1. The smallest absolute Gasteiger partial charge is 0.243 e. The highest BCUT2D eigenvalue weighted by Gasteiger charge is 2.30. The summed E-state index contributed by atoms with van der Waals surface area (Å²) in [6, 6.07) is 26.7. The number of carbonyl (C=O) groups excluding carboxylic acids is 2. The molecule has 1 unspecified atom stereocenters. The molecule has 0 aromatic heterocycles. The largest absolute Gasteiger partial charge is 0.352 e. The summed E-state index contributed by atoms with van der Waals surface area (Å²) in [5.74, 6) is 0.458. The molecule has 1 N–H and O–H groups in total. The van der Waals surface area contributed by atoms with E-state index in [2.05, 4.69) is 5.32 Å². The lowest BCUT2D eigenvalue weighted by molar-refractivity contribution is -0.141. The average Bonchev–Trinajstić information content (AvgIpc) is 2.83. The van der Waals surface area contributed by atoms with Crippen molar-refractivity contribution in [1.29, 1.82) is 0 Å². The third-order valence-corrected chi connectivity index (χ3v) is 6.56. The number of rotatable bonds is 11. The number of carbonyl (C=O) groups is 2. The second-order valence-electron chi connectivity index (χ2n) is 8.43. The van der Waals surface area contributed by atoms with Crippen LogP contribution in [0.1, 0.15) is 31.4 Å². The van der Waals surface area contributed by atoms with E-state index in [1.807, 2.05) is 98.8 Å². The lowest BCUT2D eigenvalue weighted by atomic mass is 10.0. The molecule has 4 nitrogen and oxygen atoms in total. The van der Waals surface area contributed by atoms with Crippen molar-refractivity contribution in [2.75, 3.05) is 5.75 Å². The van der Waals surface area contributed by atoms with Gasteiger partial charge >= 0.3 is 0 Å². The van der Waals surface area contributed by atoms with E-state index in [0.29, 0.717) is 30.2 Å². The van der Waals surface area contributed by atoms with Crippen molar-refractivity contribution in [3.05, 3.63) is 101 Å². The summed E-state index contributed by atoms with van der Waals surface area (Å²) < 4.78 is 0. The Morgan fingerprint density at radius 1 is 0.882 bits per heavy atom. The first-order chi connectivity index (χ1) is 16.4. The molecule has 2 amide bonds. The number of halogens is 1. The molecule has 1 atom stereocenters. The number of nitrogens with zero attached hydrogens (tertiary/aromatic N) is 1. The highest BCUT2D eigenvalue weighted by molar-refractivity contribution is 7.99. The van der Waals surface area contributed by atoms with Gasteiger partial charge in [0.15, 0.2) is 0 Å². The molecular weight excluding hydrogens is 464 g/mol. The minimum absolute atomic E-state index is 0.0214. The van der Waals surface area contributed by atoms with Crippen LogP contribution in [-0.4, -0.2) is 34.6 Å². The molecule has 0 aliphatic rings. The predicted molar refractivity (Wildman–Crippen MR) is 141 cm³/mol. The molecule has 34 heavy (non-hydrogen) atoms.